The molecule has 0 bridgehead atoms. The van der Waals surface area contributed by atoms with Crippen molar-refractivity contribution in [1.29, 1.82) is 0 Å². The van der Waals surface area contributed by atoms with Gasteiger partial charge in [0.15, 0.2) is 5.65 Å². The molecule has 0 spiro atoms. The van der Waals surface area contributed by atoms with Gasteiger partial charge >= 0.3 is 0 Å². The number of rotatable bonds is 8. The van der Waals surface area contributed by atoms with E-state index in [0.29, 0.717) is 35.5 Å². The molecule has 2 aliphatic carbocycles. The summed E-state index contributed by atoms with van der Waals surface area (Å²) in [6, 6.07) is 11.6. The second-order valence-electron chi connectivity index (χ2n) is 10.7. The number of nitrogens with one attached hydrogen (secondary N) is 2. The number of hydrogen-bond acceptors (Lipinski definition) is 6. The van der Waals surface area contributed by atoms with E-state index in [-0.39, 0.29) is 23.7 Å². The summed E-state index contributed by atoms with van der Waals surface area (Å²) < 4.78 is 2.04. The second kappa shape index (κ2) is 9.64. The number of carbonyl (C=O) groups is 2. The fraction of sp³-hybridized carbons (Fsp3) is 0.345. The molecule has 4 aromatic rings. The molecule has 198 valence electrons. The minimum absolute atomic E-state index is 0.0552. The van der Waals surface area contributed by atoms with Crippen LogP contribution in [0.2, 0.25) is 5.02 Å². The number of amides is 2. The van der Waals surface area contributed by atoms with E-state index < -0.39 is 0 Å². The number of anilines is 3. The van der Waals surface area contributed by atoms with Crippen LogP contribution in [0.3, 0.4) is 0 Å². The van der Waals surface area contributed by atoms with Gasteiger partial charge in [0, 0.05) is 42.4 Å². The van der Waals surface area contributed by atoms with Gasteiger partial charge in [0.1, 0.15) is 18.0 Å². The molecule has 0 radical (unpaired) electrons. The van der Waals surface area contributed by atoms with Gasteiger partial charge < -0.3 is 19.9 Å². The molecular formula is C29H28ClN7O2. The van der Waals surface area contributed by atoms with E-state index in [0.717, 1.165) is 42.0 Å². The highest BCUT2D eigenvalue weighted by atomic mass is 35.5. The number of carbonyl (C=O) groups excluding carboxylic acids is 2. The summed E-state index contributed by atoms with van der Waals surface area (Å²) >= 11 is 6.11. The van der Waals surface area contributed by atoms with Gasteiger partial charge in [-0.25, -0.2) is 15.0 Å². The third-order valence-corrected chi connectivity index (χ3v) is 8.02. The smallest absolute Gasteiger partial charge is 0.229 e. The lowest BCUT2D eigenvalue weighted by molar-refractivity contribution is -0.118. The molecule has 7 rings (SSSR count). The Balaban J connectivity index is 1.04. The van der Waals surface area contributed by atoms with Crippen molar-refractivity contribution in [3.63, 3.8) is 0 Å². The van der Waals surface area contributed by atoms with Crippen molar-refractivity contribution in [2.24, 2.45) is 5.92 Å². The van der Waals surface area contributed by atoms with E-state index in [1.54, 1.807) is 6.07 Å². The van der Waals surface area contributed by atoms with Crippen LogP contribution in [0.25, 0.3) is 5.65 Å². The van der Waals surface area contributed by atoms with Crippen LogP contribution in [0.4, 0.5) is 17.3 Å². The van der Waals surface area contributed by atoms with Gasteiger partial charge in [0.25, 0.3) is 0 Å². The van der Waals surface area contributed by atoms with Gasteiger partial charge in [-0.05, 0) is 66.8 Å². The van der Waals surface area contributed by atoms with E-state index in [9.17, 15) is 9.59 Å². The van der Waals surface area contributed by atoms with E-state index in [1.165, 1.54) is 24.7 Å². The fourth-order valence-corrected chi connectivity index (χ4v) is 5.69. The number of benzene rings is 1. The summed E-state index contributed by atoms with van der Waals surface area (Å²) in [4.78, 5) is 40.6. The largest absolute Gasteiger partial charge is 0.364 e. The molecule has 10 heteroatoms. The molecule has 2 N–H and O–H groups in total. The highest BCUT2D eigenvalue weighted by Crippen LogP contribution is 2.48. The first-order chi connectivity index (χ1) is 19.0. The number of aromatic nitrogens is 4. The summed E-state index contributed by atoms with van der Waals surface area (Å²) in [7, 11) is 0. The van der Waals surface area contributed by atoms with Gasteiger partial charge in [-0.1, -0.05) is 23.7 Å². The Hall–Kier alpha value is -3.98. The topological polar surface area (TPSA) is 105 Å². The SMILES string of the molecule is O=C(Nc1cc(NCc2cn3cc(C4CC4)cc(N4CCCC4=O)c3n2)ncn1)C1CC1c1cccc(Cl)c1. The van der Waals surface area contributed by atoms with E-state index in [2.05, 4.69) is 32.9 Å². The zero-order chi connectivity index (χ0) is 26.5. The monoisotopic (exact) mass is 541 g/mol. The van der Waals surface area contributed by atoms with Crippen LogP contribution >= 0.6 is 11.6 Å². The van der Waals surface area contributed by atoms with Crippen LogP contribution in [0, 0.1) is 5.92 Å². The number of fused-ring (bicyclic) bond motifs is 1. The predicted octanol–water partition coefficient (Wildman–Crippen LogP) is 5.14. The van der Waals surface area contributed by atoms with E-state index in [1.807, 2.05) is 39.8 Å². The Kier molecular flexibility index (Phi) is 5.96. The van der Waals surface area contributed by atoms with Gasteiger partial charge in [0.2, 0.25) is 11.8 Å². The molecule has 9 nitrogen and oxygen atoms in total. The van der Waals surface area contributed by atoms with Crippen LogP contribution in [0.15, 0.2) is 55.1 Å². The summed E-state index contributed by atoms with van der Waals surface area (Å²) in [6.07, 6.45) is 10.2. The molecule has 3 aliphatic rings. The first kappa shape index (κ1) is 24.1. The minimum Gasteiger partial charge on any atom is -0.364 e. The Bertz CT molecular complexity index is 1600. The van der Waals surface area contributed by atoms with Crippen LogP contribution < -0.4 is 15.5 Å². The maximum Gasteiger partial charge on any atom is 0.229 e. The highest BCUT2D eigenvalue weighted by molar-refractivity contribution is 6.30. The predicted molar refractivity (Wildman–Crippen MR) is 149 cm³/mol. The van der Waals surface area contributed by atoms with E-state index >= 15 is 0 Å². The summed E-state index contributed by atoms with van der Waals surface area (Å²) in [5.41, 5.74) is 4.87. The summed E-state index contributed by atoms with van der Waals surface area (Å²) in [6.45, 7) is 1.18. The van der Waals surface area contributed by atoms with Crippen molar-refractivity contribution in [3.8, 4) is 0 Å². The molecule has 3 aromatic heterocycles. The molecule has 2 unspecified atom stereocenters. The summed E-state index contributed by atoms with van der Waals surface area (Å²) in [5.74, 6) is 1.81. The summed E-state index contributed by atoms with van der Waals surface area (Å²) in [5, 5.41) is 6.90. The van der Waals surface area contributed by atoms with Crippen LogP contribution in [-0.4, -0.2) is 37.7 Å². The third-order valence-electron chi connectivity index (χ3n) is 7.79. The fourth-order valence-electron chi connectivity index (χ4n) is 5.49. The van der Waals surface area contributed by atoms with Crippen molar-refractivity contribution in [1.82, 2.24) is 19.4 Å². The van der Waals surface area contributed by atoms with Crippen LogP contribution in [0.1, 0.15) is 60.8 Å². The molecule has 2 amide bonds. The Morgan fingerprint density at radius 3 is 2.74 bits per heavy atom. The first-order valence-electron chi connectivity index (χ1n) is 13.5. The lowest BCUT2D eigenvalue weighted by Gasteiger charge is -2.17. The van der Waals surface area contributed by atoms with Gasteiger partial charge in [-0.2, -0.15) is 0 Å². The van der Waals surface area contributed by atoms with Gasteiger partial charge in [0.05, 0.1) is 17.9 Å². The molecule has 1 aliphatic heterocycles. The minimum atomic E-state index is -0.0926. The molecular weight excluding hydrogens is 514 g/mol. The average Bonchev–Trinajstić information content (AvgIpc) is 3.85. The van der Waals surface area contributed by atoms with Crippen molar-refractivity contribution < 1.29 is 9.59 Å². The van der Waals surface area contributed by atoms with Gasteiger partial charge in [-0.15, -0.1) is 0 Å². The molecule has 3 fully saturated rings. The average molecular weight is 542 g/mol. The number of halogens is 1. The van der Waals surface area contributed by atoms with Crippen molar-refractivity contribution >= 4 is 46.4 Å². The molecule has 1 aromatic carbocycles. The number of imidazole rings is 1. The lowest BCUT2D eigenvalue weighted by Crippen LogP contribution is -2.24. The Labute approximate surface area is 230 Å². The van der Waals surface area contributed by atoms with Gasteiger partial charge in [-0.3, -0.25) is 9.59 Å². The number of pyridine rings is 1. The maximum absolute atomic E-state index is 12.8. The second-order valence-corrected chi connectivity index (χ2v) is 11.1. The Morgan fingerprint density at radius 2 is 1.95 bits per heavy atom. The highest BCUT2D eigenvalue weighted by Gasteiger charge is 2.44. The quantitative estimate of drug-likeness (QED) is 0.320. The van der Waals surface area contributed by atoms with Crippen molar-refractivity contribution in [3.05, 3.63) is 77.0 Å². The molecule has 2 atom stereocenters. The van der Waals surface area contributed by atoms with E-state index in [4.69, 9.17) is 16.6 Å². The molecule has 2 saturated carbocycles. The number of hydrogen-bond donors (Lipinski definition) is 2. The van der Waals surface area contributed by atoms with Crippen molar-refractivity contribution in [2.45, 2.75) is 50.5 Å². The van der Waals surface area contributed by atoms with Crippen LogP contribution in [0.5, 0.6) is 0 Å². The molecule has 4 heterocycles. The van der Waals surface area contributed by atoms with Crippen molar-refractivity contribution in [2.75, 3.05) is 22.1 Å². The zero-order valence-corrected chi connectivity index (χ0v) is 22.1. The first-order valence-corrected chi connectivity index (χ1v) is 13.8. The Morgan fingerprint density at radius 1 is 1.08 bits per heavy atom. The third kappa shape index (κ3) is 4.94. The standard InChI is InChI=1S/C29H28ClN7O2/c30-20-4-1-3-18(9-20)22-11-23(22)29(39)35-26-12-25(32-16-33-26)31-13-21-15-36-14-19(17-6-7-17)10-24(28(36)34-21)37-8-2-5-27(37)38/h1,3-4,9-10,12,14-17,22-23H,2,5-8,11,13H2,(H2,31,32,33,35,39). The molecule has 39 heavy (non-hydrogen) atoms. The lowest BCUT2D eigenvalue weighted by atomic mass is 10.1. The normalized spacial score (nSPS) is 20.4. The van der Waals surface area contributed by atoms with Crippen LogP contribution in [-0.2, 0) is 16.1 Å². The zero-order valence-electron chi connectivity index (χ0n) is 21.3. The maximum atomic E-state index is 12.8. The molecule has 1 saturated heterocycles. The number of nitrogens with zero attached hydrogens (tertiary/aromatic N) is 5.